The third kappa shape index (κ3) is 4.06. The Bertz CT molecular complexity index is 709. The molecule has 1 aromatic rings. The third-order valence-electron chi connectivity index (χ3n) is 5.35. The van der Waals surface area contributed by atoms with Crippen LogP contribution in [0.15, 0.2) is 29.2 Å². The maximum Gasteiger partial charge on any atom is 0.254 e. The normalized spacial score (nSPS) is 23.2. The van der Waals surface area contributed by atoms with E-state index in [2.05, 4.69) is 6.92 Å². The van der Waals surface area contributed by atoms with Crippen LogP contribution in [0.25, 0.3) is 0 Å². The second-order valence-electron chi connectivity index (χ2n) is 7.19. The number of benzene rings is 1. The molecule has 0 saturated carbocycles. The van der Waals surface area contributed by atoms with Gasteiger partial charge in [-0.2, -0.15) is 4.31 Å². The Balaban J connectivity index is 1.84. The van der Waals surface area contributed by atoms with Crippen molar-refractivity contribution in [2.24, 2.45) is 0 Å². The van der Waals surface area contributed by atoms with Crippen LogP contribution < -0.4 is 0 Å². The van der Waals surface area contributed by atoms with Crippen molar-refractivity contribution in [3.63, 3.8) is 0 Å². The third-order valence-corrected chi connectivity index (χ3v) is 7.24. The molecule has 2 fully saturated rings. The van der Waals surface area contributed by atoms with E-state index in [1.54, 1.807) is 28.6 Å². The molecule has 0 bridgehead atoms. The molecule has 25 heavy (non-hydrogen) atoms. The van der Waals surface area contributed by atoms with Gasteiger partial charge in [0.05, 0.1) is 4.90 Å². The summed E-state index contributed by atoms with van der Waals surface area (Å²) in [5, 5.41) is 0. The van der Waals surface area contributed by atoms with Gasteiger partial charge in [0.2, 0.25) is 10.0 Å². The number of carbonyl (C=O) groups excluding carboxylic acids is 1. The van der Waals surface area contributed by atoms with E-state index in [1.807, 2.05) is 4.90 Å². The highest BCUT2D eigenvalue weighted by Gasteiger charge is 2.28. The van der Waals surface area contributed by atoms with Gasteiger partial charge in [-0.25, -0.2) is 8.42 Å². The number of carbonyl (C=O) groups is 1. The second-order valence-corrected chi connectivity index (χ2v) is 9.13. The molecule has 1 amide bonds. The molecule has 0 spiro atoms. The summed E-state index contributed by atoms with van der Waals surface area (Å²) >= 11 is 0. The number of hydrogen-bond donors (Lipinski definition) is 0. The zero-order valence-corrected chi connectivity index (χ0v) is 15.8. The minimum atomic E-state index is -3.52. The SMILES string of the molecule is CC1CCCCN1C(=O)c1cccc(S(=O)(=O)N2CCCCCC2)c1. The van der Waals surface area contributed by atoms with E-state index in [-0.39, 0.29) is 16.8 Å². The van der Waals surface area contributed by atoms with E-state index in [0.717, 1.165) is 51.5 Å². The number of likely N-dealkylation sites (tertiary alicyclic amines) is 1. The molecule has 2 aliphatic heterocycles. The molecule has 1 unspecified atom stereocenters. The Morgan fingerprint density at radius 3 is 2.36 bits per heavy atom. The van der Waals surface area contributed by atoms with Gasteiger partial charge >= 0.3 is 0 Å². The lowest BCUT2D eigenvalue weighted by molar-refractivity contribution is 0.0635. The fourth-order valence-electron chi connectivity index (χ4n) is 3.79. The Labute approximate surface area is 151 Å². The molecule has 0 aliphatic carbocycles. The highest BCUT2D eigenvalue weighted by Crippen LogP contribution is 2.23. The van der Waals surface area contributed by atoms with Crippen LogP contribution in [0, 0.1) is 0 Å². The van der Waals surface area contributed by atoms with Gasteiger partial charge in [-0.05, 0) is 57.2 Å². The van der Waals surface area contributed by atoms with Crippen LogP contribution in [-0.4, -0.2) is 49.2 Å². The summed E-state index contributed by atoms with van der Waals surface area (Å²) < 4.78 is 27.5. The first-order chi connectivity index (χ1) is 12.0. The molecule has 2 aliphatic rings. The van der Waals surface area contributed by atoms with Crippen molar-refractivity contribution in [2.45, 2.75) is 62.8 Å². The molecule has 5 nitrogen and oxygen atoms in total. The maximum absolute atomic E-state index is 13.0. The van der Waals surface area contributed by atoms with Crippen molar-refractivity contribution in [1.82, 2.24) is 9.21 Å². The van der Waals surface area contributed by atoms with Crippen LogP contribution in [0.4, 0.5) is 0 Å². The zero-order valence-electron chi connectivity index (χ0n) is 15.0. The predicted octanol–water partition coefficient (Wildman–Crippen LogP) is 3.27. The number of piperidine rings is 1. The van der Waals surface area contributed by atoms with Gasteiger partial charge in [-0.1, -0.05) is 18.9 Å². The predicted molar refractivity (Wildman–Crippen MR) is 98.0 cm³/mol. The van der Waals surface area contributed by atoms with Crippen LogP contribution in [0.1, 0.15) is 62.2 Å². The number of rotatable bonds is 3. The average Bonchev–Trinajstić information content (AvgIpc) is 2.92. The Hall–Kier alpha value is -1.40. The molecule has 1 aromatic carbocycles. The monoisotopic (exact) mass is 364 g/mol. The fourth-order valence-corrected chi connectivity index (χ4v) is 5.35. The maximum atomic E-state index is 13.0. The molecule has 0 radical (unpaired) electrons. The Kier molecular flexibility index (Phi) is 5.79. The minimum Gasteiger partial charge on any atom is -0.336 e. The van der Waals surface area contributed by atoms with Crippen LogP contribution in [0.3, 0.4) is 0 Å². The molecule has 0 aromatic heterocycles. The van der Waals surface area contributed by atoms with Crippen LogP contribution in [-0.2, 0) is 10.0 Å². The van der Waals surface area contributed by atoms with Gasteiger partial charge in [0, 0.05) is 31.2 Å². The summed E-state index contributed by atoms with van der Waals surface area (Å²) in [5.41, 5.74) is 0.477. The Morgan fingerprint density at radius 1 is 1.00 bits per heavy atom. The van der Waals surface area contributed by atoms with Crippen molar-refractivity contribution < 1.29 is 13.2 Å². The first-order valence-corrected chi connectivity index (χ1v) is 10.9. The van der Waals surface area contributed by atoms with Gasteiger partial charge < -0.3 is 4.90 Å². The Morgan fingerprint density at radius 2 is 1.68 bits per heavy atom. The van der Waals surface area contributed by atoms with E-state index in [1.165, 1.54) is 0 Å². The molecule has 3 rings (SSSR count). The lowest BCUT2D eigenvalue weighted by Crippen LogP contribution is -2.42. The summed E-state index contributed by atoms with van der Waals surface area (Å²) in [6, 6.07) is 6.80. The number of hydrogen-bond acceptors (Lipinski definition) is 3. The number of amides is 1. The van der Waals surface area contributed by atoms with Crippen molar-refractivity contribution in [3.8, 4) is 0 Å². The molecular formula is C19H28N2O3S. The second kappa shape index (κ2) is 7.87. The summed E-state index contributed by atoms with van der Waals surface area (Å²) in [4.78, 5) is 15.0. The van der Waals surface area contributed by atoms with Crippen LogP contribution in [0.5, 0.6) is 0 Å². The molecule has 1 atom stereocenters. The largest absolute Gasteiger partial charge is 0.336 e. The molecule has 0 N–H and O–H groups in total. The van der Waals surface area contributed by atoms with E-state index in [9.17, 15) is 13.2 Å². The quantitative estimate of drug-likeness (QED) is 0.827. The minimum absolute atomic E-state index is 0.0554. The van der Waals surface area contributed by atoms with Gasteiger partial charge in [0.1, 0.15) is 0 Å². The summed E-state index contributed by atoms with van der Waals surface area (Å²) in [6.07, 6.45) is 7.15. The van der Waals surface area contributed by atoms with Gasteiger partial charge in [0.15, 0.2) is 0 Å². The average molecular weight is 365 g/mol. The van der Waals surface area contributed by atoms with E-state index in [4.69, 9.17) is 0 Å². The number of nitrogens with zero attached hydrogens (tertiary/aromatic N) is 2. The molecule has 6 heteroatoms. The first-order valence-electron chi connectivity index (χ1n) is 9.41. The fraction of sp³-hybridized carbons (Fsp3) is 0.632. The van der Waals surface area contributed by atoms with Crippen LogP contribution >= 0.6 is 0 Å². The van der Waals surface area contributed by atoms with E-state index < -0.39 is 10.0 Å². The topological polar surface area (TPSA) is 57.7 Å². The smallest absolute Gasteiger partial charge is 0.254 e. The molecule has 138 valence electrons. The van der Waals surface area contributed by atoms with E-state index >= 15 is 0 Å². The lowest BCUT2D eigenvalue weighted by atomic mass is 10.0. The summed E-state index contributed by atoms with van der Waals surface area (Å²) in [6.45, 7) is 3.96. The van der Waals surface area contributed by atoms with Crippen molar-refractivity contribution in [3.05, 3.63) is 29.8 Å². The zero-order chi connectivity index (χ0) is 17.9. The van der Waals surface area contributed by atoms with Crippen LogP contribution in [0.2, 0.25) is 0 Å². The molecule has 2 heterocycles. The standard InChI is InChI=1S/C19H28N2O3S/c1-16-9-4-7-14-21(16)19(22)17-10-8-11-18(15-17)25(23,24)20-12-5-2-3-6-13-20/h8,10-11,15-16H,2-7,9,12-14H2,1H3. The van der Waals surface area contributed by atoms with Crippen molar-refractivity contribution in [2.75, 3.05) is 19.6 Å². The van der Waals surface area contributed by atoms with Gasteiger partial charge in [-0.15, -0.1) is 0 Å². The number of sulfonamides is 1. The summed E-state index contributed by atoms with van der Waals surface area (Å²) in [5.74, 6) is -0.0554. The molecule has 2 saturated heterocycles. The highest BCUT2D eigenvalue weighted by atomic mass is 32.2. The van der Waals surface area contributed by atoms with Gasteiger partial charge in [-0.3, -0.25) is 4.79 Å². The molecular weight excluding hydrogens is 336 g/mol. The summed E-state index contributed by atoms with van der Waals surface area (Å²) in [7, 11) is -3.52. The van der Waals surface area contributed by atoms with Gasteiger partial charge in [0.25, 0.3) is 5.91 Å². The van der Waals surface area contributed by atoms with E-state index in [0.29, 0.717) is 18.7 Å². The van der Waals surface area contributed by atoms with Crippen molar-refractivity contribution in [1.29, 1.82) is 0 Å². The highest BCUT2D eigenvalue weighted by molar-refractivity contribution is 7.89. The lowest BCUT2D eigenvalue weighted by Gasteiger charge is -2.33. The van der Waals surface area contributed by atoms with Crippen molar-refractivity contribution >= 4 is 15.9 Å². The first kappa shape index (κ1) is 18.4.